The summed E-state index contributed by atoms with van der Waals surface area (Å²) in [5, 5.41) is 8.69. The Labute approximate surface area is 191 Å². The molecule has 6 heteroatoms. The third-order valence-electron chi connectivity index (χ3n) is 4.23. The van der Waals surface area contributed by atoms with Gasteiger partial charge < -0.3 is 5.32 Å². The molecule has 0 saturated carbocycles. The van der Waals surface area contributed by atoms with Crippen molar-refractivity contribution in [2.75, 3.05) is 0 Å². The molecule has 160 valence electrons. The first-order valence-electron chi connectivity index (χ1n) is 9.98. The average Bonchev–Trinajstić information content (AvgIpc) is 3.34. The lowest BCUT2D eigenvalue weighted by molar-refractivity contribution is -0.117. The lowest BCUT2D eigenvalue weighted by atomic mass is 10.2. The van der Waals surface area contributed by atoms with Crippen molar-refractivity contribution in [2.24, 2.45) is 5.10 Å². The summed E-state index contributed by atoms with van der Waals surface area (Å²) in [7, 11) is 0. The fourth-order valence-electron chi connectivity index (χ4n) is 2.62. The zero-order chi connectivity index (χ0) is 22.6. The topological polar surface area (TPSA) is 70.6 Å². The summed E-state index contributed by atoms with van der Waals surface area (Å²) in [6.45, 7) is 1.78. The molecule has 3 aromatic rings. The predicted octanol–water partition coefficient (Wildman–Crippen LogP) is 5.28. The Kier molecular flexibility index (Phi) is 8.48. The van der Waals surface area contributed by atoms with Gasteiger partial charge in [-0.05, 0) is 48.2 Å². The van der Waals surface area contributed by atoms with Crippen LogP contribution in [0.3, 0.4) is 0 Å². The molecule has 0 bridgehead atoms. The van der Waals surface area contributed by atoms with E-state index in [1.807, 2.05) is 72.1 Å². The van der Waals surface area contributed by atoms with Gasteiger partial charge in [0.25, 0.3) is 11.8 Å². The minimum Gasteiger partial charge on any atom is -0.317 e. The van der Waals surface area contributed by atoms with Gasteiger partial charge in [0.15, 0.2) is 0 Å². The number of hydrogen-bond acceptors (Lipinski definition) is 4. The van der Waals surface area contributed by atoms with E-state index in [0.29, 0.717) is 11.3 Å². The van der Waals surface area contributed by atoms with Crippen LogP contribution in [0.4, 0.5) is 0 Å². The van der Waals surface area contributed by atoms with Gasteiger partial charge in [0.1, 0.15) is 5.70 Å². The highest BCUT2D eigenvalue weighted by Gasteiger charge is 2.14. The van der Waals surface area contributed by atoms with Crippen molar-refractivity contribution in [3.8, 4) is 0 Å². The standard InChI is InChI=1S/C26H23N3O2S/c1-20(11-8-9-14-21-12-4-2-5-13-21)28-29-26(31)24(19-23-17-10-18-32-23)27-25(30)22-15-6-3-7-16-22/h2-19H,1H3,(H,27,30)(H,29,31). The predicted molar refractivity (Wildman–Crippen MR) is 132 cm³/mol. The van der Waals surface area contributed by atoms with Crippen molar-refractivity contribution in [3.63, 3.8) is 0 Å². The second kappa shape index (κ2) is 12.0. The Morgan fingerprint density at radius 2 is 1.62 bits per heavy atom. The molecule has 0 radical (unpaired) electrons. The van der Waals surface area contributed by atoms with Gasteiger partial charge in [-0.3, -0.25) is 9.59 Å². The Morgan fingerprint density at radius 1 is 0.906 bits per heavy atom. The summed E-state index contributed by atoms with van der Waals surface area (Å²) in [6, 6.07) is 22.4. The van der Waals surface area contributed by atoms with Crippen LogP contribution in [0.5, 0.6) is 0 Å². The smallest absolute Gasteiger partial charge is 0.287 e. The third-order valence-corrected chi connectivity index (χ3v) is 5.05. The van der Waals surface area contributed by atoms with Crippen molar-refractivity contribution >= 4 is 41.0 Å². The van der Waals surface area contributed by atoms with E-state index in [9.17, 15) is 9.59 Å². The van der Waals surface area contributed by atoms with Crippen molar-refractivity contribution < 1.29 is 9.59 Å². The first-order valence-corrected chi connectivity index (χ1v) is 10.9. The van der Waals surface area contributed by atoms with Crippen LogP contribution in [0.1, 0.15) is 27.7 Å². The molecule has 0 saturated heterocycles. The first-order chi connectivity index (χ1) is 15.6. The number of nitrogens with zero attached hydrogens (tertiary/aromatic N) is 1. The summed E-state index contributed by atoms with van der Waals surface area (Å²) in [4.78, 5) is 26.1. The van der Waals surface area contributed by atoms with E-state index in [0.717, 1.165) is 10.4 Å². The van der Waals surface area contributed by atoms with Crippen molar-refractivity contribution in [1.82, 2.24) is 10.7 Å². The van der Waals surface area contributed by atoms with Crippen LogP contribution in [0.25, 0.3) is 12.2 Å². The molecule has 0 aliphatic rings. The number of allylic oxidation sites excluding steroid dienone is 3. The summed E-state index contributed by atoms with van der Waals surface area (Å²) in [6.07, 6.45) is 9.13. The number of hydrazone groups is 1. The van der Waals surface area contributed by atoms with Gasteiger partial charge in [-0.15, -0.1) is 11.3 Å². The Bertz CT molecular complexity index is 1150. The molecule has 5 nitrogen and oxygen atoms in total. The van der Waals surface area contributed by atoms with Gasteiger partial charge in [-0.25, -0.2) is 5.43 Å². The zero-order valence-electron chi connectivity index (χ0n) is 17.6. The number of thiophene rings is 1. The van der Waals surface area contributed by atoms with Gasteiger partial charge in [-0.2, -0.15) is 5.10 Å². The van der Waals surface area contributed by atoms with Crippen LogP contribution in [0.2, 0.25) is 0 Å². The van der Waals surface area contributed by atoms with E-state index in [1.165, 1.54) is 11.3 Å². The molecule has 2 amide bonds. The molecule has 2 N–H and O–H groups in total. The molecule has 32 heavy (non-hydrogen) atoms. The van der Waals surface area contributed by atoms with Crippen LogP contribution < -0.4 is 10.7 Å². The molecular formula is C26H23N3O2S. The molecule has 0 fully saturated rings. The van der Waals surface area contributed by atoms with Crippen LogP contribution in [0.15, 0.2) is 107 Å². The number of carbonyl (C=O) groups excluding carboxylic acids is 2. The molecule has 0 spiro atoms. The Balaban J connectivity index is 1.66. The number of amides is 2. The molecule has 0 unspecified atom stereocenters. The fourth-order valence-corrected chi connectivity index (χ4v) is 3.28. The lowest BCUT2D eigenvalue weighted by Gasteiger charge is -2.09. The minimum absolute atomic E-state index is 0.116. The van der Waals surface area contributed by atoms with E-state index in [2.05, 4.69) is 15.8 Å². The third kappa shape index (κ3) is 7.34. The molecule has 0 atom stereocenters. The lowest BCUT2D eigenvalue weighted by Crippen LogP contribution is -2.33. The Morgan fingerprint density at radius 3 is 2.31 bits per heavy atom. The van der Waals surface area contributed by atoms with Gasteiger partial charge in [-0.1, -0.05) is 72.8 Å². The highest BCUT2D eigenvalue weighted by molar-refractivity contribution is 7.10. The van der Waals surface area contributed by atoms with Crippen molar-refractivity contribution in [2.45, 2.75) is 6.92 Å². The summed E-state index contributed by atoms with van der Waals surface area (Å²) in [5.74, 6) is -0.870. The molecule has 3 rings (SSSR count). The minimum atomic E-state index is -0.504. The van der Waals surface area contributed by atoms with Crippen LogP contribution >= 0.6 is 11.3 Å². The van der Waals surface area contributed by atoms with Crippen LogP contribution in [0, 0.1) is 0 Å². The van der Waals surface area contributed by atoms with E-state index in [4.69, 9.17) is 0 Å². The molecule has 0 aliphatic carbocycles. The maximum atomic E-state index is 12.7. The number of benzene rings is 2. The van der Waals surface area contributed by atoms with E-state index < -0.39 is 5.91 Å². The number of hydrogen-bond donors (Lipinski definition) is 2. The highest BCUT2D eigenvalue weighted by Crippen LogP contribution is 2.13. The van der Waals surface area contributed by atoms with Crippen molar-refractivity contribution in [3.05, 3.63) is 118 Å². The largest absolute Gasteiger partial charge is 0.317 e. The maximum absolute atomic E-state index is 12.7. The van der Waals surface area contributed by atoms with Crippen molar-refractivity contribution in [1.29, 1.82) is 0 Å². The number of carbonyl (C=O) groups is 2. The normalized spacial score (nSPS) is 12.3. The highest BCUT2D eigenvalue weighted by atomic mass is 32.1. The summed E-state index contributed by atoms with van der Waals surface area (Å²) >= 11 is 1.47. The van der Waals surface area contributed by atoms with Crippen LogP contribution in [-0.4, -0.2) is 17.5 Å². The SMILES string of the molecule is CC(C=CC=Cc1ccccc1)=NNC(=O)C(=Cc1cccs1)NC(=O)c1ccccc1. The molecule has 1 aromatic heterocycles. The van der Waals surface area contributed by atoms with Gasteiger partial charge in [0.05, 0.1) is 5.71 Å². The first kappa shape index (κ1) is 22.7. The monoisotopic (exact) mass is 441 g/mol. The van der Waals surface area contributed by atoms with E-state index >= 15 is 0 Å². The Hall–Kier alpha value is -4.03. The van der Waals surface area contributed by atoms with Gasteiger partial charge in [0.2, 0.25) is 0 Å². The van der Waals surface area contributed by atoms with Gasteiger partial charge >= 0.3 is 0 Å². The second-order valence-corrected chi connectivity index (χ2v) is 7.70. The zero-order valence-corrected chi connectivity index (χ0v) is 18.4. The average molecular weight is 442 g/mol. The number of rotatable bonds is 8. The van der Waals surface area contributed by atoms with Crippen LogP contribution in [-0.2, 0) is 4.79 Å². The maximum Gasteiger partial charge on any atom is 0.287 e. The molecule has 0 aliphatic heterocycles. The quantitative estimate of drug-likeness (QED) is 0.216. The molecule has 2 aromatic carbocycles. The molecular weight excluding hydrogens is 418 g/mol. The fraction of sp³-hybridized carbons (Fsp3) is 0.0385. The van der Waals surface area contributed by atoms with E-state index in [-0.39, 0.29) is 11.6 Å². The second-order valence-electron chi connectivity index (χ2n) is 6.72. The van der Waals surface area contributed by atoms with Gasteiger partial charge in [0, 0.05) is 10.4 Å². The summed E-state index contributed by atoms with van der Waals surface area (Å²) in [5.41, 5.74) is 4.79. The molecule has 1 heterocycles. The number of nitrogens with one attached hydrogen (secondary N) is 2. The van der Waals surface area contributed by atoms with E-state index in [1.54, 1.807) is 43.3 Å². The summed E-state index contributed by atoms with van der Waals surface area (Å²) < 4.78 is 0.